The van der Waals surface area contributed by atoms with Gasteiger partial charge in [0.2, 0.25) is 5.91 Å². The molecule has 100 valence electrons. The zero-order chi connectivity index (χ0) is 13.4. The third-order valence-electron chi connectivity index (χ3n) is 3.95. The summed E-state index contributed by atoms with van der Waals surface area (Å²) < 4.78 is 3.08. The van der Waals surface area contributed by atoms with Crippen LogP contribution in [0.2, 0.25) is 0 Å². The summed E-state index contributed by atoms with van der Waals surface area (Å²) in [7, 11) is 0. The molecule has 0 unspecified atom stereocenters. The Balaban J connectivity index is 2.27. The molecule has 0 amide bonds. The van der Waals surface area contributed by atoms with E-state index in [0.29, 0.717) is 6.42 Å². The number of nitrogens with zero attached hydrogens (tertiary/aromatic N) is 1. The Hall–Kier alpha value is -1.09. The number of hydrogen-bond acceptors (Lipinski definition) is 1. The lowest BCUT2D eigenvalue weighted by Crippen LogP contribution is -2.15. The number of carbonyl (C=O) groups excluding carboxylic acids is 1. The molecule has 1 aliphatic rings. The summed E-state index contributed by atoms with van der Waals surface area (Å²) in [5.74, 6) is 0.248. The molecule has 0 radical (unpaired) electrons. The van der Waals surface area contributed by atoms with Gasteiger partial charge in [-0.3, -0.25) is 9.36 Å². The van der Waals surface area contributed by atoms with E-state index < -0.39 is 0 Å². The van der Waals surface area contributed by atoms with Crippen LogP contribution in [0.15, 0.2) is 22.7 Å². The first-order valence-electron chi connectivity index (χ1n) is 7.07. The molecule has 1 aromatic carbocycles. The molecule has 0 spiro atoms. The first kappa shape index (κ1) is 12.9. The zero-order valence-electron chi connectivity index (χ0n) is 11.2. The van der Waals surface area contributed by atoms with Crippen molar-refractivity contribution in [2.75, 3.05) is 0 Å². The molecule has 0 saturated heterocycles. The van der Waals surface area contributed by atoms with Crippen molar-refractivity contribution in [3.63, 3.8) is 0 Å². The van der Waals surface area contributed by atoms with Crippen LogP contribution in [0.1, 0.15) is 48.7 Å². The van der Waals surface area contributed by atoms with Crippen LogP contribution in [-0.4, -0.2) is 10.5 Å². The van der Waals surface area contributed by atoms with Gasteiger partial charge < -0.3 is 0 Å². The second kappa shape index (κ2) is 5.12. The van der Waals surface area contributed by atoms with E-state index in [2.05, 4.69) is 35.0 Å². The predicted octanol–water partition coefficient (Wildman–Crippen LogP) is 4.72. The van der Waals surface area contributed by atoms with Crippen LogP contribution in [0.3, 0.4) is 0 Å². The Morgan fingerprint density at radius 1 is 1.32 bits per heavy atom. The summed E-state index contributed by atoms with van der Waals surface area (Å²) in [6.45, 7) is 2.06. The van der Waals surface area contributed by atoms with Gasteiger partial charge in [0.15, 0.2) is 0 Å². The van der Waals surface area contributed by atoms with E-state index in [-0.39, 0.29) is 5.91 Å². The van der Waals surface area contributed by atoms with Crippen LogP contribution >= 0.6 is 15.9 Å². The first-order chi connectivity index (χ1) is 9.22. The number of halogens is 1. The summed E-state index contributed by atoms with van der Waals surface area (Å²) in [6, 6.07) is 6.27. The first-order valence-corrected chi connectivity index (χ1v) is 7.86. The lowest BCUT2D eigenvalue weighted by Gasteiger charge is -2.14. The predicted molar refractivity (Wildman–Crippen MR) is 81.8 cm³/mol. The molecule has 1 aromatic heterocycles. The molecule has 3 rings (SSSR count). The highest BCUT2D eigenvalue weighted by Crippen LogP contribution is 2.34. The van der Waals surface area contributed by atoms with Gasteiger partial charge in [0.25, 0.3) is 0 Å². The Bertz CT molecular complexity index is 642. The van der Waals surface area contributed by atoms with Crippen molar-refractivity contribution in [3.05, 3.63) is 33.9 Å². The van der Waals surface area contributed by atoms with E-state index in [1.54, 1.807) is 0 Å². The van der Waals surface area contributed by atoms with Gasteiger partial charge >= 0.3 is 0 Å². The van der Waals surface area contributed by atoms with Crippen molar-refractivity contribution in [3.8, 4) is 0 Å². The summed E-state index contributed by atoms with van der Waals surface area (Å²) in [4.78, 5) is 12.4. The van der Waals surface area contributed by atoms with Gasteiger partial charge in [0.1, 0.15) is 0 Å². The molecule has 0 aliphatic heterocycles. The third-order valence-corrected chi connectivity index (χ3v) is 4.44. The molecule has 1 heterocycles. The molecule has 0 bridgehead atoms. The number of aryl methyl sites for hydroxylation is 1. The number of carbonyl (C=O) groups is 1. The van der Waals surface area contributed by atoms with Crippen molar-refractivity contribution in [1.29, 1.82) is 0 Å². The summed E-state index contributed by atoms with van der Waals surface area (Å²) in [5, 5.41) is 1.26. The lowest BCUT2D eigenvalue weighted by atomic mass is 9.95. The van der Waals surface area contributed by atoms with Gasteiger partial charge in [-0.2, -0.15) is 0 Å². The molecule has 1 aliphatic carbocycles. The highest BCUT2D eigenvalue weighted by atomic mass is 79.9. The summed E-state index contributed by atoms with van der Waals surface area (Å²) >= 11 is 3.54. The average Bonchev–Trinajstić information content (AvgIpc) is 2.73. The minimum absolute atomic E-state index is 0.248. The minimum atomic E-state index is 0.248. The molecular weight excluding hydrogens is 302 g/mol. The summed E-state index contributed by atoms with van der Waals surface area (Å²) in [5.41, 5.74) is 3.75. The maximum atomic E-state index is 12.4. The Labute approximate surface area is 121 Å². The Morgan fingerprint density at radius 3 is 2.89 bits per heavy atom. The normalized spacial score (nSPS) is 14.6. The van der Waals surface area contributed by atoms with Crippen LogP contribution in [0.25, 0.3) is 10.9 Å². The van der Waals surface area contributed by atoms with Crippen LogP contribution in [-0.2, 0) is 12.8 Å². The van der Waals surface area contributed by atoms with Crippen LogP contribution in [0.4, 0.5) is 0 Å². The molecule has 0 atom stereocenters. The Kier molecular flexibility index (Phi) is 3.48. The zero-order valence-corrected chi connectivity index (χ0v) is 12.8. The summed E-state index contributed by atoms with van der Waals surface area (Å²) in [6.07, 6.45) is 6.12. The van der Waals surface area contributed by atoms with E-state index in [4.69, 9.17) is 0 Å². The molecule has 19 heavy (non-hydrogen) atoms. The van der Waals surface area contributed by atoms with Crippen molar-refractivity contribution in [2.24, 2.45) is 0 Å². The molecule has 0 saturated carbocycles. The molecule has 2 aromatic rings. The SMILES string of the molecule is CCCC(=O)n1c2c(c3cc(Br)ccc31)CCCC2. The van der Waals surface area contributed by atoms with Crippen LogP contribution < -0.4 is 0 Å². The monoisotopic (exact) mass is 319 g/mol. The smallest absolute Gasteiger partial charge is 0.231 e. The molecule has 2 nitrogen and oxygen atoms in total. The van der Waals surface area contributed by atoms with Crippen LogP contribution in [0, 0.1) is 0 Å². The molecule has 0 fully saturated rings. The third kappa shape index (κ3) is 2.14. The van der Waals surface area contributed by atoms with Crippen molar-refractivity contribution < 1.29 is 4.79 Å². The number of rotatable bonds is 2. The molecule has 3 heteroatoms. The number of benzene rings is 1. The fraction of sp³-hybridized carbons (Fsp3) is 0.438. The van der Waals surface area contributed by atoms with Gasteiger partial charge in [0.05, 0.1) is 5.52 Å². The van der Waals surface area contributed by atoms with Gasteiger partial charge in [-0.15, -0.1) is 0 Å². The van der Waals surface area contributed by atoms with E-state index in [9.17, 15) is 4.79 Å². The van der Waals surface area contributed by atoms with E-state index >= 15 is 0 Å². The van der Waals surface area contributed by atoms with Crippen molar-refractivity contribution in [2.45, 2.75) is 45.4 Å². The van der Waals surface area contributed by atoms with E-state index in [0.717, 1.165) is 29.3 Å². The van der Waals surface area contributed by atoms with Crippen molar-refractivity contribution >= 4 is 32.7 Å². The maximum Gasteiger partial charge on any atom is 0.231 e. The Morgan fingerprint density at radius 2 is 2.11 bits per heavy atom. The number of aromatic nitrogens is 1. The minimum Gasteiger partial charge on any atom is -0.284 e. The van der Waals surface area contributed by atoms with Crippen LogP contribution in [0.5, 0.6) is 0 Å². The largest absolute Gasteiger partial charge is 0.284 e. The second-order valence-electron chi connectivity index (χ2n) is 5.27. The number of hydrogen-bond donors (Lipinski definition) is 0. The topological polar surface area (TPSA) is 22.0 Å². The fourth-order valence-corrected chi connectivity index (χ4v) is 3.49. The van der Waals surface area contributed by atoms with Crippen molar-refractivity contribution in [1.82, 2.24) is 4.57 Å². The molecular formula is C16H18BrNO. The fourth-order valence-electron chi connectivity index (χ4n) is 3.13. The standard InChI is InChI=1S/C16H18BrNO/c1-2-5-16(19)18-14-7-4-3-6-12(14)13-10-11(17)8-9-15(13)18/h8-10H,2-7H2,1H3. The second-order valence-corrected chi connectivity index (χ2v) is 6.19. The van der Waals surface area contributed by atoms with Gasteiger partial charge in [-0.25, -0.2) is 0 Å². The molecule has 0 N–H and O–H groups in total. The quantitative estimate of drug-likeness (QED) is 0.784. The highest BCUT2D eigenvalue weighted by Gasteiger charge is 2.22. The van der Waals surface area contributed by atoms with Gasteiger partial charge in [0, 0.05) is 22.0 Å². The van der Waals surface area contributed by atoms with Gasteiger partial charge in [-0.05, 0) is 55.9 Å². The average molecular weight is 320 g/mol. The highest BCUT2D eigenvalue weighted by molar-refractivity contribution is 9.10. The number of fused-ring (bicyclic) bond motifs is 3. The van der Waals surface area contributed by atoms with E-state index in [1.807, 2.05) is 10.6 Å². The maximum absolute atomic E-state index is 12.4. The van der Waals surface area contributed by atoms with E-state index in [1.165, 1.54) is 29.5 Å². The van der Waals surface area contributed by atoms with Gasteiger partial charge in [-0.1, -0.05) is 22.9 Å². The lowest BCUT2D eigenvalue weighted by molar-refractivity contribution is 0.0903.